The summed E-state index contributed by atoms with van der Waals surface area (Å²) < 4.78 is 40.7. The van der Waals surface area contributed by atoms with Gasteiger partial charge >= 0.3 is 5.97 Å². The molecule has 3 atom stereocenters. The molecule has 1 aliphatic carbocycles. The van der Waals surface area contributed by atoms with Gasteiger partial charge < -0.3 is 4.74 Å². The first kappa shape index (κ1) is 13.5. The highest BCUT2D eigenvalue weighted by Gasteiger charge is 2.46. The Morgan fingerprint density at radius 3 is 2.55 bits per heavy atom. The van der Waals surface area contributed by atoms with Gasteiger partial charge in [-0.1, -0.05) is 12.1 Å². The molecule has 20 heavy (non-hydrogen) atoms. The summed E-state index contributed by atoms with van der Waals surface area (Å²) in [4.78, 5) is 11.9. The van der Waals surface area contributed by atoms with Gasteiger partial charge in [-0.2, -0.15) is 0 Å². The first-order chi connectivity index (χ1) is 9.44. The molecule has 4 nitrogen and oxygen atoms in total. The Hall–Kier alpha value is -1.43. The second-order valence-corrected chi connectivity index (χ2v) is 7.69. The van der Waals surface area contributed by atoms with Crippen molar-refractivity contribution in [3.05, 3.63) is 35.6 Å². The predicted octanol–water partition coefficient (Wildman–Crippen LogP) is 1.66. The van der Waals surface area contributed by atoms with E-state index < -0.39 is 15.9 Å². The maximum absolute atomic E-state index is 12.8. The zero-order chi connectivity index (χ0) is 14.3. The maximum Gasteiger partial charge on any atom is 0.309 e. The molecule has 2 fully saturated rings. The van der Waals surface area contributed by atoms with Gasteiger partial charge in [0.15, 0.2) is 9.84 Å². The Labute approximate surface area is 116 Å². The third-order valence-electron chi connectivity index (χ3n) is 3.86. The van der Waals surface area contributed by atoms with E-state index in [9.17, 15) is 17.6 Å². The summed E-state index contributed by atoms with van der Waals surface area (Å²) in [5, 5.41) is 0. The maximum atomic E-state index is 12.8. The van der Waals surface area contributed by atoms with Crippen LogP contribution in [0, 0.1) is 11.7 Å². The minimum Gasteiger partial charge on any atom is -0.461 e. The van der Waals surface area contributed by atoms with Crippen molar-refractivity contribution >= 4 is 15.8 Å². The second-order valence-electron chi connectivity index (χ2n) is 5.46. The van der Waals surface area contributed by atoms with E-state index in [-0.39, 0.29) is 35.1 Å². The van der Waals surface area contributed by atoms with Gasteiger partial charge in [0.1, 0.15) is 11.9 Å². The molecule has 1 saturated carbocycles. The van der Waals surface area contributed by atoms with Crippen molar-refractivity contribution in [3.8, 4) is 0 Å². The Morgan fingerprint density at radius 2 is 1.95 bits per heavy atom. The largest absolute Gasteiger partial charge is 0.461 e. The molecule has 0 N–H and O–H groups in total. The Kier molecular flexibility index (Phi) is 3.28. The number of carbonyl (C=O) groups excluding carboxylic acids is 1. The van der Waals surface area contributed by atoms with Crippen LogP contribution in [-0.2, 0) is 19.4 Å². The number of rotatable bonds is 3. The van der Waals surface area contributed by atoms with Crippen LogP contribution >= 0.6 is 0 Å². The van der Waals surface area contributed by atoms with Crippen molar-refractivity contribution in [1.82, 2.24) is 0 Å². The lowest BCUT2D eigenvalue weighted by atomic mass is 10.1. The minimum atomic E-state index is -3.04. The number of hydrogen-bond acceptors (Lipinski definition) is 4. The van der Waals surface area contributed by atoms with Gasteiger partial charge in [0.05, 0.1) is 17.4 Å². The van der Waals surface area contributed by atoms with E-state index >= 15 is 0 Å². The highest BCUT2D eigenvalue weighted by Crippen LogP contribution is 2.48. The molecular formula is C14H15FO4S. The van der Waals surface area contributed by atoms with Crippen LogP contribution in [0.15, 0.2) is 24.3 Å². The third-order valence-corrected chi connectivity index (χ3v) is 5.60. The van der Waals surface area contributed by atoms with Crippen LogP contribution in [0.3, 0.4) is 0 Å². The predicted molar refractivity (Wildman–Crippen MR) is 70.4 cm³/mol. The summed E-state index contributed by atoms with van der Waals surface area (Å²) in [6.07, 6.45) is 0.577. The molecule has 1 heterocycles. The Balaban J connectivity index is 1.57. The summed E-state index contributed by atoms with van der Waals surface area (Å²) in [6.45, 7) is 0. The zero-order valence-corrected chi connectivity index (χ0v) is 11.6. The van der Waals surface area contributed by atoms with Crippen LogP contribution in [0.1, 0.15) is 24.3 Å². The fourth-order valence-corrected chi connectivity index (χ4v) is 4.23. The van der Waals surface area contributed by atoms with Crippen LogP contribution in [0.25, 0.3) is 0 Å². The molecule has 0 bridgehead atoms. The lowest BCUT2D eigenvalue weighted by molar-refractivity contribution is -0.149. The minimum absolute atomic E-state index is 0.0628. The lowest BCUT2D eigenvalue weighted by Gasteiger charge is -2.10. The van der Waals surface area contributed by atoms with Crippen molar-refractivity contribution < 1.29 is 22.3 Å². The Bertz CT molecular complexity index is 623. The number of esters is 1. The number of sulfone groups is 1. The van der Waals surface area contributed by atoms with E-state index in [1.165, 1.54) is 12.1 Å². The van der Waals surface area contributed by atoms with E-state index in [4.69, 9.17) is 4.74 Å². The van der Waals surface area contributed by atoms with Gasteiger partial charge in [-0.05, 0) is 36.5 Å². The highest BCUT2D eigenvalue weighted by molar-refractivity contribution is 7.91. The molecule has 1 aromatic rings. The number of hydrogen-bond donors (Lipinski definition) is 0. The smallest absolute Gasteiger partial charge is 0.309 e. The SMILES string of the molecule is O=C(O[C@@H]1CCS(=O)(=O)C1)[C@@H]1C[C@@H]1c1ccc(F)cc1. The molecule has 108 valence electrons. The number of halogens is 1. The average Bonchev–Trinajstić information content (AvgIpc) is 3.10. The second kappa shape index (κ2) is 4.84. The highest BCUT2D eigenvalue weighted by atomic mass is 32.2. The summed E-state index contributed by atoms with van der Waals surface area (Å²) in [5.41, 5.74) is 0.924. The fraction of sp³-hybridized carbons (Fsp3) is 0.500. The van der Waals surface area contributed by atoms with Crippen LogP contribution in [-0.4, -0.2) is 32.0 Å². The standard InChI is InChI=1S/C14H15FO4S/c15-10-3-1-9(2-4-10)12-7-13(12)14(16)19-11-5-6-20(17,18)8-11/h1-4,11-13H,5-8H2/t11-,12-,13-/m1/s1. The molecule has 1 aliphatic heterocycles. The Morgan fingerprint density at radius 1 is 1.25 bits per heavy atom. The van der Waals surface area contributed by atoms with Gasteiger partial charge in [0, 0.05) is 0 Å². The molecule has 0 amide bonds. The zero-order valence-electron chi connectivity index (χ0n) is 10.8. The summed E-state index contributed by atoms with van der Waals surface area (Å²) >= 11 is 0. The molecule has 0 radical (unpaired) electrons. The molecular weight excluding hydrogens is 283 g/mol. The fourth-order valence-electron chi connectivity index (χ4n) is 2.64. The van der Waals surface area contributed by atoms with Crippen molar-refractivity contribution in [2.24, 2.45) is 5.92 Å². The lowest BCUT2D eigenvalue weighted by Crippen LogP contribution is -2.20. The van der Waals surface area contributed by atoms with Crippen molar-refractivity contribution in [3.63, 3.8) is 0 Å². The van der Waals surface area contributed by atoms with Gasteiger partial charge in [0.2, 0.25) is 0 Å². The van der Waals surface area contributed by atoms with Crippen LogP contribution in [0.2, 0.25) is 0 Å². The van der Waals surface area contributed by atoms with Gasteiger partial charge in [0.25, 0.3) is 0 Å². The molecule has 6 heteroatoms. The van der Waals surface area contributed by atoms with E-state index in [1.807, 2.05) is 0 Å². The monoisotopic (exact) mass is 298 g/mol. The average molecular weight is 298 g/mol. The molecule has 3 rings (SSSR count). The number of ether oxygens (including phenoxy) is 1. The van der Waals surface area contributed by atoms with Crippen LogP contribution in [0.5, 0.6) is 0 Å². The third kappa shape index (κ3) is 2.85. The van der Waals surface area contributed by atoms with E-state index in [0.717, 1.165) is 5.56 Å². The molecule has 0 unspecified atom stereocenters. The van der Waals surface area contributed by atoms with E-state index in [0.29, 0.717) is 12.8 Å². The molecule has 2 aliphatic rings. The molecule has 0 spiro atoms. The van der Waals surface area contributed by atoms with Crippen LogP contribution in [0.4, 0.5) is 4.39 Å². The van der Waals surface area contributed by atoms with Gasteiger partial charge in [-0.25, -0.2) is 12.8 Å². The quantitative estimate of drug-likeness (QED) is 0.796. The summed E-state index contributed by atoms with van der Waals surface area (Å²) in [7, 11) is -3.04. The normalized spacial score (nSPS) is 30.9. The van der Waals surface area contributed by atoms with Crippen molar-refractivity contribution in [2.45, 2.75) is 24.9 Å². The van der Waals surface area contributed by atoms with Gasteiger partial charge in [-0.15, -0.1) is 0 Å². The first-order valence-corrected chi connectivity index (χ1v) is 8.43. The summed E-state index contributed by atoms with van der Waals surface area (Å²) in [6, 6.07) is 6.10. The van der Waals surface area contributed by atoms with Crippen LogP contribution < -0.4 is 0 Å². The molecule has 1 saturated heterocycles. The van der Waals surface area contributed by atoms with E-state index in [2.05, 4.69) is 0 Å². The van der Waals surface area contributed by atoms with E-state index in [1.54, 1.807) is 12.1 Å². The number of benzene rings is 1. The van der Waals surface area contributed by atoms with Gasteiger partial charge in [-0.3, -0.25) is 4.79 Å². The van der Waals surface area contributed by atoms with Crippen molar-refractivity contribution in [2.75, 3.05) is 11.5 Å². The van der Waals surface area contributed by atoms with Crippen molar-refractivity contribution in [1.29, 1.82) is 0 Å². The first-order valence-electron chi connectivity index (χ1n) is 6.61. The topological polar surface area (TPSA) is 60.4 Å². The summed E-state index contributed by atoms with van der Waals surface area (Å²) in [5.74, 6) is -0.750. The molecule has 1 aromatic carbocycles. The number of carbonyl (C=O) groups is 1. The molecule has 0 aromatic heterocycles.